The first-order valence-electron chi connectivity index (χ1n) is 4.87. The van der Waals surface area contributed by atoms with Crippen molar-refractivity contribution >= 4 is 5.78 Å². The summed E-state index contributed by atoms with van der Waals surface area (Å²) >= 11 is 0. The Balaban J connectivity index is 2.01. The number of aryl methyl sites for hydroxylation is 1. The van der Waals surface area contributed by atoms with Gasteiger partial charge in [-0.1, -0.05) is 0 Å². The van der Waals surface area contributed by atoms with Crippen LogP contribution in [-0.4, -0.2) is 22.1 Å². The first-order chi connectivity index (χ1) is 6.66. The van der Waals surface area contributed by atoms with Gasteiger partial charge in [-0.3, -0.25) is 9.48 Å². The molecule has 0 bridgehead atoms. The number of ketones is 1. The second-order valence-corrected chi connectivity index (χ2v) is 4.11. The zero-order chi connectivity index (χ0) is 10.2. The Kier molecular flexibility index (Phi) is 2.15. The summed E-state index contributed by atoms with van der Waals surface area (Å²) in [5.41, 5.74) is 6.39. The molecule has 0 radical (unpaired) electrons. The Morgan fingerprint density at radius 3 is 2.86 bits per heavy atom. The molecule has 0 unspecified atom stereocenters. The van der Waals surface area contributed by atoms with Crippen molar-refractivity contribution in [2.75, 3.05) is 6.54 Å². The summed E-state index contributed by atoms with van der Waals surface area (Å²) in [7, 11) is 1.85. The lowest BCUT2D eigenvalue weighted by molar-refractivity contribution is -0.123. The van der Waals surface area contributed by atoms with E-state index in [0.29, 0.717) is 13.0 Å². The zero-order valence-corrected chi connectivity index (χ0v) is 8.36. The van der Waals surface area contributed by atoms with Crippen LogP contribution in [0.5, 0.6) is 0 Å². The van der Waals surface area contributed by atoms with E-state index in [1.54, 1.807) is 10.9 Å². The standard InChI is InChI=1S/C10H15N3O/c1-13-6-8(5-12-13)4-9(14)10(7-11)2-3-10/h5-6H,2-4,7,11H2,1H3. The van der Waals surface area contributed by atoms with Crippen LogP contribution in [0.15, 0.2) is 12.4 Å². The van der Waals surface area contributed by atoms with E-state index < -0.39 is 0 Å². The van der Waals surface area contributed by atoms with Crippen LogP contribution in [0.3, 0.4) is 0 Å². The molecule has 0 amide bonds. The minimum atomic E-state index is -0.185. The van der Waals surface area contributed by atoms with Crippen LogP contribution >= 0.6 is 0 Å². The Labute approximate surface area is 83.1 Å². The summed E-state index contributed by atoms with van der Waals surface area (Å²) in [6.07, 6.45) is 6.02. The van der Waals surface area contributed by atoms with E-state index in [2.05, 4.69) is 5.10 Å². The summed E-state index contributed by atoms with van der Waals surface area (Å²) in [6.45, 7) is 0.492. The third kappa shape index (κ3) is 1.57. The molecular weight excluding hydrogens is 178 g/mol. The lowest BCUT2D eigenvalue weighted by Crippen LogP contribution is -2.26. The van der Waals surface area contributed by atoms with E-state index in [9.17, 15) is 4.79 Å². The van der Waals surface area contributed by atoms with Crippen LogP contribution in [0.2, 0.25) is 0 Å². The first kappa shape index (κ1) is 9.40. The van der Waals surface area contributed by atoms with Crippen molar-refractivity contribution in [2.24, 2.45) is 18.2 Å². The largest absolute Gasteiger partial charge is 0.329 e. The number of nitrogens with zero attached hydrogens (tertiary/aromatic N) is 2. The van der Waals surface area contributed by atoms with Gasteiger partial charge in [0.15, 0.2) is 0 Å². The third-order valence-electron chi connectivity index (χ3n) is 2.96. The highest BCUT2D eigenvalue weighted by Gasteiger charge is 2.47. The second-order valence-electron chi connectivity index (χ2n) is 4.11. The molecule has 1 heterocycles. The van der Waals surface area contributed by atoms with Crippen molar-refractivity contribution in [3.8, 4) is 0 Å². The molecule has 0 saturated heterocycles. The molecule has 1 aliphatic carbocycles. The summed E-state index contributed by atoms with van der Waals surface area (Å²) < 4.78 is 1.71. The van der Waals surface area contributed by atoms with Gasteiger partial charge in [0.25, 0.3) is 0 Å². The Morgan fingerprint density at radius 2 is 2.43 bits per heavy atom. The van der Waals surface area contributed by atoms with E-state index in [1.807, 2.05) is 13.2 Å². The van der Waals surface area contributed by atoms with Crippen LogP contribution in [-0.2, 0) is 18.3 Å². The maximum atomic E-state index is 11.8. The van der Waals surface area contributed by atoms with Crippen molar-refractivity contribution in [1.29, 1.82) is 0 Å². The van der Waals surface area contributed by atoms with Gasteiger partial charge in [-0.05, 0) is 18.4 Å². The molecule has 1 aliphatic rings. The average Bonchev–Trinajstić information content (AvgIpc) is 2.87. The van der Waals surface area contributed by atoms with Gasteiger partial charge in [-0.2, -0.15) is 5.10 Å². The fourth-order valence-electron chi connectivity index (χ4n) is 1.68. The molecule has 4 heteroatoms. The Hall–Kier alpha value is -1.16. The fourth-order valence-corrected chi connectivity index (χ4v) is 1.68. The molecule has 2 N–H and O–H groups in total. The van der Waals surface area contributed by atoms with Crippen molar-refractivity contribution in [3.63, 3.8) is 0 Å². The Morgan fingerprint density at radius 1 is 1.71 bits per heavy atom. The highest BCUT2D eigenvalue weighted by atomic mass is 16.1. The maximum absolute atomic E-state index is 11.8. The number of aromatic nitrogens is 2. The summed E-state index contributed by atoms with van der Waals surface area (Å²) in [6, 6.07) is 0. The normalized spacial score (nSPS) is 18.1. The smallest absolute Gasteiger partial charge is 0.144 e. The minimum absolute atomic E-state index is 0.185. The maximum Gasteiger partial charge on any atom is 0.144 e. The van der Waals surface area contributed by atoms with Crippen molar-refractivity contribution in [3.05, 3.63) is 18.0 Å². The molecule has 0 aliphatic heterocycles. The fraction of sp³-hybridized carbons (Fsp3) is 0.600. The molecule has 0 atom stereocenters. The van der Waals surface area contributed by atoms with Crippen LogP contribution in [0.4, 0.5) is 0 Å². The van der Waals surface area contributed by atoms with Gasteiger partial charge in [0.2, 0.25) is 0 Å². The van der Waals surface area contributed by atoms with E-state index in [4.69, 9.17) is 5.73 Å². The predicted octanol–water partition coefficient (Wildman–Crippen LogP) is 0.271. The number of Topliss-reactive ketones (excluding diaryl/α,β-unsaturated/α-hetero) is 1. The van der Waals surface area contributed by atoms with Crippen molar-refractivity contribution < 1.29 is 4.79 Å². The summed E-state index contributed by atoms with van der Waals surface area (Å²) in [4.78, 5) is 11.8. The lowest BCUT2D eigenvalue weighted by Gasteiger charge is -2.08. The monoisotopic (exact) mass is 193 g/mol. The van der Waals surface area contributed by atoms with Gasteiger partial charge in [0.1, 0.15) is 5.78 Å². The van der Waals surface area contributed by atoms with Gasteiger partial charge in [-0.15, -0.1) is 0 Å². The third-order valence-corrected chi connectivity index (χ3v) is 2.96. The van der Waals surface area contributed by atoms with Gasteiger partial charge >= 0.3 is 0 Å². The molecule has 76 valence electrons. The number of carbonyl (C=O) groups excluding carboxylic acids is 1. The van der Waals surface area contributed by atoms with Gasteiger partial charge in [0, 0.05) is 31.6 Å². The molecule has 14 heavy (non-hydrogen) atoms. The predicted molar refractivity (Wildman–Crippen MR) is 52.6 cm³/mol. The minimum Gasteiger partial charge on any atom is -0.329 e. The number of rotatable bonds is 4. The molecule has 1 aromatic rings. The lowest BCUT2D eigenvalue weighted by atomic mass is 9.97. The molecule has 4 nitrogen and oxygen atoms in total. The molecule has 1 aromatic heterocycles. The average molecular weight is 193 g/mol. The van der Waals surface area contributed by atoms with Crippen molar-refractivity contribution in [2.45, 2.75) is 19.3 Å². The number of hydrogen-bond acceptors (Lipinski definition) is 3. The molecule has 1 saturated carbocycles. The quantitative estimate of drug-likeness (QED) is 0.746. The number of carbonyl (C=O) groups is 1. The molecular formula is C10H15N3O. The summed E-state index contributed by atoms with van der Waals surface area (Å²) in [5, 5.41) is 4.03. The first-order valence-corrected chi connectivity index (χ1v) is 4.87. The van der Waals surface area contributed by atoms with E-state index in [0.717, 1.165) is 18.4 Å². The molecule has 1 fully saturated rings. The van der Waals surface area contributed by atoms with Gasteiger partial charge < -0.3 is 5.73 Å². The van der Waals surface area contributed by atoms with Crippen LogP contribution in [0.25, 0.3) is 0 Å². The highest BCUT2D eigenvalue weighted by Crippen LogP contribution is 2.45. The van der Waals surface area contributed by atoms with Crippen molar-refractivity contribution in [1.82, 2.24) is 9.78 Å². The second kappa shape index (κ2) is 3.20. The van der Waals surface area contributed by atoms with E-state index in [-0.39, 0.29) is 11.2 Å². The summed E-state index contributed by atoms with van der Waals surface area (Å²) in [5.74, 6) is 0.271. The van der Waals surface area contributed by atoms with Gasteiger partial charge in [0.05, 0.1) is 6.20 Å². The highest BCUT2D eigenvalue weighted by molar-refractivity contribution is 5.89. The van der Waals surface area contributed by atoms with Crippen LogP contribution < -0.4 is 5.73 Å². The van der Waals surface area contributed by atoms with E-state index >= 15 is 0 Å². The number of nitrogens with two attached hydrogens (primary N) is 1. The van der Waals surface area contributed by atoms with Gasteiger partial charge in [-0.25, -0.2) is 0 Å². The molecule has 2 rings (SSSR count). The van der Waals surface area contributed by atoms with Crippen LogP contribution in [0.1, 0.15) is 18.4 Å². The Bertz CT molecular complexity index is 352. The van der Waals surface area contributed by atoms with Crippen LogP contribution in [0, 0.1) is 5.41 Å². The topological polar surface area (TPSA) is 60.9 Å². The molecule has 0 spiro atoms. The number of hydrogen-bond donors (Lipinski definition) is 1. The zero-order valence-electron chi connectivity index (χ0n) is 8.36. The molecule has 0 aromatic carbocycles. The SMILES string of the molecule is Cn1cc(CC(=O)C2(CN)CC2)cn1. The van der Waals surface area contributed by atoms with E-state index in [1.165, 1.54) is 0 Å².